The van der Waals surface area contributed by atoms with E-state index in [0.29, 0.717) is 12.2 Å². The van der Waals surface area contributed by atoms with E-state index in [1.807, 2.05) is 6.92 Å². The molecule has 2 amide bonds. The first-order chi connectivity index (χ1) is 8.54. The van der Waals surface area contributed by atoms with Gasteiger partial charge in [-0.15, -0.1) is 10.2 Å². The zero-order valence-corrected chi connectivity index (χ0v) is 10.2. The fourth-order valence-corrected chi connectivity index (χ4v) is 1.29. The Balaban J connectivity index is 2.44. The number of aromatic amines is 1. The SMILES string of the molecule is CCC(C)[C@H](NC(=O)NCc1nn[nH]n1)C(=O)O. The summed E-state index contributed by atoms with van der Waals surface area (Å²) in [5.41, 5.74) is 0. The monoisotopic (exact) mass is 256 g/mol. The highest BCUT2D eigenvalue weighted by Gasteiger charge is 2.25. The summed E-state index contributed by atoms with van der Waals surface area (Å²) in [6, 6.07) is -1.49. The molecule has 2 atom stereocenters. The molecule has 0 radical (unpaired) electrons. The number of carbonyl (C=O) groups is 2. The van der Waals surface area contributed by atoms with E-state index in [1.165, 1.54) is 0 Å². The van der Waals surface area contributed by atoms with Crippen LogP contribution in [0.25, 0.3) is 0 Å². The molecular weight excluding hydrogens is 240 g/mol. The lowest BCUT2D eigenvalue weighted by Gasteiger charge is -2.20. The van der Waals surface area contributed by atoms with Crippen LogP contribution in [0.15, 0.2) is 0 Å². The van der Waals surface area contributed by atoms with Crippen LogP contribution in [-0.4, -0.2) is 43.8 Å². The van der Waals surface area contributed by atoms with Gasteiger partial charge in [0.2, 0.25) is 0 Å². The third-order valence-corrected chi connectivity index (χ3v) is 2.56. The Morgan fingerprint density at radius 2 is 2.22 bits per heavy atom. The lowest BCUT2D eigenvalue weighted by molar-refractivity contribution is -0.140. The van der Waals surface area contributed by atoms with Gasteiger partial charge in [-0.2, -0.15) is 5.21 Å². The van der Waals surface area contributed by atoms with E-state index in [4.69, 9.17) is 5.11 Å². The second-order valence-electron chi connectivity index (χ2n) is 3.86. The predicted molar refractivity (Wildman–Crippen MR) is 60.4 cm³/mol. The van der Waals surface area contributed by atoms with Gasteiger partial charge in [0.05, 0.1) is 6.54 Å². The van der Waals surface area contributed by atoms with Gasteiger partial charge < -0.3 is 15.7 Å². The molecule has 0 aliphatic carbocycles. The second kappa shape index (κ2) is 6.52. The van der Waals surface area contributed by atoms with Crippen molar-refractivity contribution in [2.24, 2.45) is 5.92 Å². The van der Waals surface area contributed by atoms with Crippen LogP contribution in [-0.2, 0) is 11.3 Å². The molecule has 0 fully saturated rings. The first-order valence-corrected chi connectivity index (χ1v) is 5.54. The topological polar surface area (TPSA) is 133 Å². The van der Waals surface area contributed by atoms with Crippen LogP contribution in [0.2, 0.25) is 0 Å². The molecule has 100 valence electrons. The summed E-state index contributed by atoms with van der Waals surface area (Å²) in [7, 11) is 0. The Kier molecular flexibility index (Phi) is 5.03. The number of rotatable bonds is 6. The van der Waals surface area contributed by atoms with Crippen molar-refractivity contribution in [2.45, 2.75) is 32.9 Å². The molecular formula is C9H16N6O3. The zero-order chi connectivity index (χ0) is 13.5. The van der Waals surface area contributed by atoms with E-state index >= 15 is 0 Å². The summed E-state index contributed by atoms with van der Waals surface area (Å²) in [6.07, 6.45) is 0.655. The molecule has 0 saturated heterocycles. The van der Waals surface area contributed by atoms with Crippen LogP contribution < -0.4 is 10.6 Å². The Morgan fingerprint density at radius 1 is 1.50 bits per heavy atom. The van der Waals surface area contributed by atoms with Gasteiger partial charge in [-0.3, -0.25) is 0 Å². The largest absolute Gasteiger partial charge is 0.480 e. The maximum Gasteiger partial charge on any atom is 0.326 e. The number of aliphatic carboxylic acids is 1. The number of carbonyl (C=O) groups excluding carboxylic acids is 1. The number of nitrogens with zero attached hydrogens (tertiary/aromatic N) is 3. The first-order valence-electron chi connectivity index (χ1n) is 5.54. The van der Waals surface area contributed by atoms with Crippen molar-refractivity contribution >= 4 is 12.0 Å². The molecule has 0 aromatic carbocycles. The predicted octanol–water partition coefficient (Wildman–Crippen LogP) is -0.502. The van der Waals surface area contributed by atoms with Crippen molar-refractivity contribution in [1.29, 1.82) is 0 Å². The van der Waals surface area contributed by atoms with Crippen molar-refractivity contribution in [3.63, 3.8) is 0 Å². The fraction of sp³-hybridized carbons (Fsp3) is 0.667. The molecule has 18 heavy (non-hydrogen) atoms. The minimum atomic E-state index is -1.06. The second-order valence-corrected chi connectivity index (χ2v) is 3.86. The van der Waals surface area contributed by atoms with Crippen LogP contribution in [0.5, 0.6) is 0 Å². The Bertz CT molecular complexity index is 393. The standard InChI is InChI=1S/C9H16N6O3/c1-3-5(2)7(8(16)17)11-9(18)10-4-6-12-14-15-13-6/h5,7H,3-4H2,1-2H3,(H,16,17)(H2,10,11,18)(H,12,13,14,15)/t5?,7-/m0/s1. The third-order valence-electron chi connectivity index (χ3n) is 2.56. The fourth-order valence-electron chi connectivity index (χ4n) is 1.29. The van der Waals surface area contributed by atoms with E-state index in [2.05, 4.69) is 31.3 Å². The minimum Gasteiger partial charge on any atom is -0.480 e. The van der Waals surface area contributed by atoms with Crippen molar-refractivity contribution in [1.82, 2.24) is 31.3 Å². The van der Waals surface area contributed by atoms with Gasteiger partial charge >= 0.3 is 12.0 Å². The summed E-state index contributed by atoms with van der Waals surface area (Å²) in [4.78, 5) is 22.5. The molecule has 0 spiro atoms. The quantitative estimate of drug-likeness (QED) is 0.542. The van der Waals surface area contributed by atoms with E-state index < -0.39 is 18.0 Å². The number of urea groups is 1. The number of hydrogen-bond donors (Lipinski definition) is 4. The Labute approximate surface area is 103 Å². The molecule has 1 rings (SSSR count). The van der Waals surface area contributed by atoms with Gasteiger partial charge in [0.15, 0.2) is 5.82 Å². The number of carboxylic acids is 1. The van der Waals surface area contributed by atoms with Crippen LogP contribution >= 0.6 is 0 Å². The molecule has 1 heterocycles. The molecule has 0 bridgehead atoms. The highest BCUT2D eigenvalue weighted by Crippen LogP contribution is 2.07. The molecule has 0 aliphatic heterocycles. The Hall–Kier alpha value is -2.19. The van der Waals surface area contributed by atoms with Crippen LogP contribution in [0.3, 0.4) is 0 Å². The highest BCUT2D eigenvalue weighted by molar-refractivity contribution is 5.82. The van der Waals surface area contributed by atoms with Crippen molar-refractivity contribution in [2.75, 3.05) is 0 Å². The van der Waals surface area contributed by atoms with E-state index in [1.54, 1.807) is 6.92 Å². The molecule has 1 unspecified atom stereocenters. The summed E-state index contributed by atoms with van der Waals surface area (Å²) in [6.45, 7) is 3.70. The summed E-state index contributed by atoms with van der Waals surface area (Å²) in [5.74, 6) is -0.891. The normalized spacial score (nSPS) is 13.7. The molecule has 0 aliphatic rings. The number of nitrogens with one attached hydrogen (secondary N) is 3. The molecule has 0 saturated carbocycles. The lowest BCUT2D eigenvalue weighted by atomic mass is 9.99. The zero-order valence-electron chi connectivity index (χ0n) is 10.2. The Morgan fingerprint density at radius 3 is 2.72 bits per heavy atom. The third kappa shape index (κ3) is 4.00. The number of aromatic nitrogens is 4. The number of hydrogen-bond acceptors (Lipinski definition) is 5. The van der Waals surface area contributed by atoms with Gasteiger partial charge in [0, 0.05) is 0 Å². The summed E-state index contributed by atoms with van der Waals surface area (Å²) < 4.78 is 0. The number of amides is 2. The average molecular weight is 256 g/mol. The van der Waals surface area contributed by atoms with Gasteiger partial charge in [0.25, 0.3) is 0 Å². The summed E-state index contributed by atoms with van der Waals surface area (Å²) >= 11 is 0. The van der Waals surface area contributed by atoms with Crippen molar-refractivity contribution in [3.05, 3.63) is 5.82 Å². The minimum absolute atomic E-state index is 0.0785. The van der Waals surface area contributed by atoms with Crippen LogP contribution in [0.4, 0.5) is 4.79 Å². The number of tetrazole rings is 1. The smallest absolute Gasteiger partial charge is 0.326 e. The average Bonchev–Trinajstić information content (AvgIpc) is 2.85. The number of H-pyrrole nitrogens is 1. The van der Waals surface area contributed by atoms with E-state index in [9.17, 15) is 9.59 Å². The van der Waals surface area contributed by atoms with Gasteiger partial charge in [-0.05, 0) is 5.92 Å². The van der Waals surface area contributed by atoms with Gasteiger partial charge in [0.1, 0.15) is 6.04 Å². The maximum absolute atomic E-state index is 11.5. The van der Waals surface area contributed by atoms with Gasteiger partial charge in [-0.25, -0.2) is 9.59 Å². The lowest BCUT2D eigenvalue weighted by Crippen LogP contribution is -2.48. The van der Waals surface area contributed by atoms with Crippen LogP contribution in [0, 0.1) is 5.92 Å². The van der Waals surface area contributed by atoms with E-state index in [-0.39, 0.29) is 12.5 Å². The van der Waals surface area contributed by atoms with Crippen molar-refractivity contribution in [3.8, 4) is 0 Å². The van der Waals surface area contributed by atoms with E-state index in [0.717, 1.165) is 0 Å². The maximum atomic E-state index is 11.5. The molecule has 1 aromatic heterocycles. The molecule has 9 nitrogen and oxygen atoms in total. The first kappa shape index (κ1) is 13.9. The van der Waals surface area contributed by atoms with Crippen LogP contribution in [0.1, 0.15) is 26.1 Å². The summed E-state index contributed by atoms with van der Waals surface area (Å²) in [5, 5.41) is 26.7. The molecule has 1 aromatic rings. The highest BCUT2D eigenvalue weighted by atomic mass is 16.4. The number of carboxylic acid groups (broad SMARTS) is 1. The van der Waals surface area contributed by atoms with Gasteiger partial charge in [-0.1, -0.05) is 25.5 Å². The van der Waals surface area contributed by atoms with Crippen molar-refractivity contribution < 1.29 is 14.7 Å². The molecule has 4 N–H and O–H groups in total. The molecule has 9 heteroatoms.